The van der Waals surface area contributed by atoms with Crippen LogP contribution in [0.1, 0.15) is 13.8 Å². The molecule has 1 aliphatic heterocycles. The van der Waals surface area contributed by atoms with Crippen LogP contribution in [0.5, 0.6) is 0 Å². The van der Waals surface area contributed by atoms with Crippen molar-refractivity contribution < 1.29 is 24.2 Å². The minimum absolute atomic E-state index is 0.0595. The summed E-state index contributed by atoms with van der Waals surface area (Å²) < 4.78 is 4.98. The fourth-order valence-corrected chi connectivity index (χ4v) is 1.39. The third-order valence-electron chi connectivity index (χ3n) is 2.66. The molecule has 3 amide bonds. The number of amides is 3. The van der Waals surface area contributed by atoms with Crippen molar-refractivity contribution in [1.29, 1.82) is 0 Å². The topological polar surface area (TPSA) is 122 Å². The predicted octanol–water partition coefficient (Wildman–Crippen LogP) is -1.25. The third-order valence-corrected chi connectivity index (χ3v) is 2.66. The van der Waals surface area contributed by atoms with Gasteiger partial charge in [0.2, 0.25) is 5.91 Å². The van der Waals surface area contributed by atoms with Crippen LogP contribution in [0.15, 0.2) is 0 Å². The first kappa shape index (κ1) is 14.2. The van der Waals surface area contributed by atoms with Gasteiger partial charge in [0.05, 0.1) is 13.2 Å². The number of carboxylic acid groups (broad SMARTS) is 1. The number of carbonyl (C=O) groups is 3. The van der Waals surface area contributed by atoms with Gasteiger partial charge in [-0.2, -0.15) is 0 Å². The molecular formula is C10H17N3O5. The second kappa shape index (κ2) is 5.21. The van der Waals surface area contributed by atoms with Crippen molar-refractivity contribution in [3.63, 3.8) is 0 Å². The lowest BCUT2D eigenvalue weighted by molar-refractivity contribution is -0.154. The van der Waals surface area contributed by atoms with E-state index in [4.69, 9.17) is 15.6 Å². The highest BCUT2D eigenvalue weighted by Gasteiger charge is 2.33. The Balaban J connectivity index is 2.62. The molecule has 0 aromatic rings. The molecule has 0 aromatic carbocycles. The first-order valence-corrected chi connectivity index (χ1v) is 5.45. The lowest BCUT2D eigenvalue weighted by Crippen LogP contribution is -2.59. The second-order valence-electron chi connectivity index (χ2n) is 4.56. The largest absolute Gasteiger partial charge is 0.479 e. The van der Waals surface area contributed by atoms with Gasteiger partial charge in [-0.15, -0.1) is 0 Å². The van der Waals surface area contributed by atoms with E-state index in [-0.39, 0.29) is 19.7 Å². The molecule has 0 bridgehead atoms. The van der Waals surface area contributed by atoms with E-state index >= 15 is 0 Å². The number of nitrogens with two attached hydrogens (primary N) is 1. The van der Waals surface area contributed by atoms with Crippen molar-refractivity contribution >= 4 is 17.9 Å². The van der Waals surface area contributed by atoms with Gasteiger partial charge in [0, 0.05) is 6.54 Å². The molecule has 0 saturated carbocycles. The Kier molecular flexibility index (Phi) is 4.12. The molecule has 0 aliphatic carbocycles. The zero-order valence-electron chi connectivity index (χ0n) is 10.3. The number of rotatable bonds is 3. The Morgan fingerprint density at radius 1 is 1.44 bits per heavy atom. The van der Waals surface area contributed by atoms with E-state index in [1.165, 1.54) is 18.7 Å². The summed E-state index contributed by atoms with van der Waals surface area (Å²) in [5, 5.41) is 11.2. The molecule has 8 heteroatoms. The molecular weight excluding hydrogens is 242 g/mol. The van der Waals surface area contributed by atoms with Crippen LogP contribution in [0.3, 0.4) is 0 Å². The number of morpholine rings is 1. The molecule has 1 aliphatic rings. The van der Waals surface area contributed by atoms with E-state index in [9.17, 15) is 14.4 Å². The summed E-state index contributed by atoms with van der Waals surface area (Å²) in [5.41, 5.74) is 3.95. The summed E-state index contributed by atoms with van der Waals surface area (Å²) in [6.45, 7) is 3.30. The molecule has 1 rings (SSSR count). The molecule has 1 heterocycles. The molecule has 0 spiro atoms. The van der Waals surface area contributed by atoms with Crippen LogP contribution in [0.2, 0.25) is 0 Å². The average Bonchev–Trinajstić information content (AvgIpc) is 2.28. The molecule has 4 N–H and O–H groups in total. The lowest BCUT2D eigenvalue weighted by Gasteiger charge is -2.33. The molecule has 8 nitrogen and oxygen atoms in total. The molecule has 1 unspecified atom stereocenters. The van der Waals surface area contributed by atoms with Gasteiger partial charge in [-0.1, -0.05) is 0 Å². The maximum atomic E-state index is 11.8. The van der Waals surface area contributed by atoms with Crippen LogP contribution in [0.25, 0.3) is 0 Å². The summed E-state index contributed by atoms with van der Waals surface area (Å²) in [7, 11) is 0. The minimum Gasteiger partial charge on any atom is -0.479 e. The summed E-state index contributed by atoms with van der Waals surface area (Å²) in [6.07, 6.45) is -1.04. The fourth-order valence-electron chi connectivity index (χ4n) is 1.39. The van der Waals surface area contributed by atoms with Gasteiger partial charge < -0.3 is 25.8 Å². The predicted molar refractivity (Wildman–Crippen MR) is 60.8 cm³/mol. The lowest BCUT2D eigenvalue weighted by atomic mass is 10.1. The highest BCUT2D eigenvalue weighted by Crippen LogP contribution is 2.08. The first-order valence-electron chi connectivity index (χ1n) is 5.45. The number of nitrogens with one attached hydrogen (secondary N) is 1. The summed E-state index contributed by atoms with van der Waals surface area (Å²) in [4.78, 5) is 35.0. The summed E-state index contributed by atoms with van der Waals surface area (Å²) >= 11 is 0. The van der Waals surface area contributed by atoms with E-state index in [0.29, 0.717) is 0 Å². The third kappa shape index (κ3) is 3.33. The SMILES string of the molecule is CC(C)(NC(=O)N1CCOC(C(=O)O)C1)C(N)=O. The van der Waals surface area contributed by atoms with Crippen LogP contribution >= 0.6 is 0 Å². The van der Waals surface area contributed by atoms with E-state index in [0.717, 1.165) is 0 Å². The second-order valence-corrected chi connectivity index (χ2v) is 4.56. The Hall–Kier alpha value is -1.83. The first-order chi connectivity index (χ1) is 8.24. The molecule has 1 atom stereocenters. The zero-order valence-corrected chi connectivity index (χ0v) is 10.3. The summed E-state index contributed by atoms with van der Waals surface area (Å²) in [5.74, 6) is -1.79. The highest BCUT2D eigenvalue weighted by molar-refractivity contribution is 5.89. The number of nitrogens with zero attached hydrogens (tertiary/aromatic N) is 1. The quantitative estimate of drug-likeness (QED) is 0.584. The zero-order chi connectivity index (χ0) is 13.9. The Labute approximate surface area is 104 Å². The van der Waals surface area contributed by atoms with E-state index in [1.807, 2.05) is 0 Å². The van der Waals surface area contributed by atoms with E-state index < -0.39 is 29.6 Å². The van der Waals surface area contributed by atoms with Crippen LogP contribution in [0.4, 0.5) is 4.79 Å². The number of primary amides is 1. The van der Waals surface area contributed by atoms with Gasteiger partial charge in [-0.3, -0.25) is 4.79 Å². The van der Waals surface area contributed by atoms with Crippen molar-refractivity contribution in [1.82, 2.24) is 10.2 Å². The molecule has 1 fully saturated rings. The number of ether oxygens (including phenoxy) is 1. The van der Waals surface area contributed by atoms with Gasteiger partial charge >= 0.3 is 12.0 Å². The van der Waals surface area contributed by atoms with Crippen LogP contribution in [0, 0.1) is 0 Å². The fraction of sp³-hybridized carbons (Fsp3) is 0.700. The van der Waals surface area contributed by atoms with Crippen molar-refractivity contribution in [3.8, 4) is 0 Å². The van der Waals surface area contributed by atoms with Crippen molar-refractivity contribution in [3.05, 3.63) is 0 Å². The van der Waals surface area contributed by atoms with Crippen LogP contribution < -0.4 is 11.1 Å². The number of hydrogen-bond donors (Lipinski definition) is 3. The molecule has 0 radical (unpaired) electrons. The van der Waals surface area contributed by atoms with Crippen molar-refractivity contribution in [2.45, 2.75) is 25.5 Å². The maximum absolute atomic E-state index is 11.8. The molecule has 102 valence electrons. The number of aliphatic carboxylic acids is 1. The number of carbonyl (C=O) groups excluding carboxylic acids is 2. The average molecular weight is 259 g/mol. The Morgan fingerprint density at radius 3 is 2.56 bits per heavy atom. The molecule has 18 heavy (non-hydrogen) atoms. The number of urea groups is 1. The van der Waals surface area contributed by atoms with E-state index in [1.54, 1.807) is 0 Å². The maximum Gasteiger partial charge on any atom is 0.334 e. The number of hydrogen-bond acceptors (Lipinski definition) is 4. The smallest absolute Gasteiger partial charge is 0.334 e. The number of carboxylic acids is 1. The van der Waals surface area contributed by atoms with Crippen LogP contribution in [-0.2, 0) is 14.3 Å². The van der Waals surface area contributed by atoms with E-state index in [2.05, 4.69) is 5.32 Å². The van der Waals surface area contributed by atoms with Gasteiger partial charge in [0.25, 0.3) is 0 Å². The Bertz CT molecular complexity index is 369. The summed E-state index contributed by atoms with van der Waals surface area (Å²) in [6, 6.07) is -0.534. The van der Waals surface area contributed by atoms with Gasteiger partial charge in [-0.25, -0.2) is 9.59 Å². The minimum atomic E-state index is -1.19. The Morgan fingerprint density at radius 2 is 2.06 bits per heavy atom. The van der Waals surface area contributed by atoms with Gasteiger partial charge in [0.1, 0.15) is 5.54 Å². The van der Waals surface area contributed by atoms with Gasteiger partial charge in [-0.05, 0) is 13.8 Å². The van der Waals surface area contributed by atoms with Gasteiger partial charge in [0.15, 0.2) is 6.10 Å². The highest BCUT2D eigenvalue weighted by atomic mass is 16.5. The molecule has 1 saturated heterocycles. The monoisotopic (exact) mass is 259 g/mol. The van der Waals surface area contributed by atoms with Crippen LogP contribution in [-0.4, -0.2) is 59.3 Å². The van der Waals surface area contributed by atoms with Crippen molar-refractivity contribution in [2.75, 3.05) is 19.7 Å². The normalized spacial score (nSPS) is 20.3. The van der Waals surface area contributed by atoms with Crippen molar-refractivity contribution in [2.24, 2.45) is 5.73 Å². The standard InChI is InChI=1S/C10H17N3O5/c1-10(2,8(11)16)12-9(17)13-3-4-18-6(5-13)7(14)15/h6H,3-5H2,1-2H3,(H2,11,16)(H,12,17)(H,14,15). The molecule has 0 aromatic heterocycles.